The number of anilines is 1. The third kappa shape index (κ3) is 2.97. The smallest absolute Gasteiger partial charge is 0.417 e. The Morgan fingerprint density at radius 3 is 2.55 bits per heavy atom. The number of halogens is 3. The van der Waals surface area contributed by atoms with Crippen molar-refractivity contribution in [3.8, 4) is 11.5 Å². The van der Waals surface area contributed by atoms with Crippen LogP contribution in [0.5, 0.6) is 11.5 Å². The first kappa shape index (κ1) is 14.1. The Labute approximate surface area is 117 Å². The molecule has 20 heavy (non-hydrogen) atoms. The second kappa shape index (κ2) is 5.75. The van der Waals surface area contributed by atoms with Gasteiger partial charge < -0.3 is 9.84 Å². The van der Waals surface area contributed by atoms with Gasteiger partial charge in [-0.15, -0.1) is 0 Å². The second-order valence-electron chi connectivity index (χ2n) is 3.71. The summed E-state index contributed by atoms with van der Waals surface area (Å²) in [6.45, 7) is 0. The molecule has 0 atom stereocenters. The lowest BCUT2D eigenvalue weighted by Gasteiger charge is -2.09. The first-order chi connectivity index (χ1) is 9.49. The first-order valence-electron chi connectivity index (χ1n) is 5.39. The standard InChI is InChI=1S/C13H8ClF2NO3/c14-10-9(6-8(15)12(18)11(10)16)17-13(19)20-7-4-2-1-3-5-7/h1-6,18H,(H,17,19). The molecular weight excluding hydrogens is 292 g/mol. The highest BCUT2D eigenvalue weighted by atomic mass is 35.5. The number of phenols is 1. The molecular formula is C13H8ClF2NO3. The lowest BCUT2D eigenvalue weighted by atomic mass is 10.2. The van der Waals surface area contributed by atoms with Crippen molar-refractivity contribution >= 4 is 23.4 Å². The molecule has 0 spiro atoms. The summed E-state index contributed by atoms with van der Waals surface area (Å²) in [4.78, 5) is 11.5. The van der Waals surface area contributed by atoms with Crippen molar-refractivity contribution in [2.45, 2.75) is 0 Å². The predicted molar refractivity (Wildman–Crippen MR) is 69.1 cm³/mol. The van der Waals surface area contributed by atoms with Crippen molar-refractivity contribution < 1.29 is 23.4 Å². The summed E-state index contributed by atoms with van der Waals surface area (Å²) in [5.74, 6) is -3.57. The molecule has 0 fully saturated rings. The molecule has 2 aromatic rings. The lowest BCUT2D eigenvalue weighted by molar-refractivity contribution is 0.215. The maximum Gasteiger partial charge on any atom is 0.417 e. The molecule has 7 heteroatoms. The van der Waals surface area contributed by atoms with Crippen molar-refractivity contribution in [3.05, 3.63) is 53.1 Å². The van der Waals surface area contributed by atoms with Gasteiger partial charge in [0, 0.05) is 6.07 Å². The molecule has 0 aliphatic carbocycles. The molecule has 0 heterocycles. The highest BCUT2D eigenvalue weighted by molar-refractivity contribution is 6.34. The number of hydrogen-bond acceptors (Lipinski definition) is 3. The van der Waals surface area contributed by atoms with Crippen LogP contribution in [0.25, 0.3) is 0 Å². The minimum Gasteiger partial charge on any atom is -0.503 e. The maximum absolute atomic E-state index is 13.3. The number of carbonyl (C=O) groups is 1. The van der Waals surface area contributed by atoms with E-state index in [-0.39, 0.29) is 11.4 Å². The highest BCUT2D eigenvalue weighted by Gasteiger charge is 2.18. The van der Waals surface area contributed by atoms with Crippen LogP contribution in [0.2, 0.25) is 5.02 Å². The average molecular weight is 300 g/mol. The van der Waals surface area contributed by atoms with Crippen molar-refractivity contribution in [1.29, 1.82) is 0 Å². The minimum absolute atomic E-state index is 0.251. The number of carbonyl (C=O) groups excluding carboxylic acids is 1. The van der Waals surface area contributed by atoms with Gasteiger partial charge in [0.1, 0.15) is 10.8 Å². The van der Waals surface area contributed by atoms with Crippen molar-refractivity contribution in [3.63, 3.8) is 0 Å². The zero-order chi connectivity index (χ0) is 14.7. The Hall–Kier alpha value is -2.34. The fraction of sp³-hybridized carbons (Fsp3) is 0. The molecule has 0 aliphatic heterocycles. The third-order valence-electron chi connectivity index (χ3n) is 2.32. The van der Waals surface area contributed by atoms with E-state index < -0.39 is 28.5 Å². The fourth-order valence-electron chi connectivity index (χ4n) is 1.41. The van der Waals surface area contributed by atoms with Gasteiger partial charge in [0.25, 0.3) is 0 Å². The summed E-state index contributed by atoms with van der Waals surface area (Å²) in [5, 5.41) is 10.5. The molecule has 0 saturated heterocycles. The van der Waals surface area contributed by atoms with Gasteiger partial charge in [-0.3, -0.25) is 5.32 Å². The van der Waals surface area contributed by atoms with Crippen LogP contribution in [0.1, 0.15) is 0 Å². The van der Waals surface area contributed by atoms with Crippen LogP contribution in [0, 0.1) is 11.6 Å². The molecule has 2 N–H and O–H groups in total. The minimum atomic E-state index is -1.36. The Kier molecular flexibility index (Phi) is 4.05. The molecule has 2 rings (SSSR count). The molecule has 0 unspecified atom stereocenters. The van der Waals surface area contributed by atoms with Crippen LogP contribution in [-0.2, 0) is 0 Å². The zero-order valence-electron chi connectivity index (χ0n) is 9.86. The van der Waals surface area contributed by atoms with Gasteiger partial charge in [-0.05, 0) is 12.1 Å². The van der Waals surface area contributed by atoms with Crippen LogP contribution < -0.4 is 10.1 Å². The summed E-state index contributed by atoms with van der Waals surface area (Å²) in [7, 11) is 0. The molecule has 0 radical (unpaired) electrons. The number of rotatable bonds is 2. The van der Waals surface area contributed by atoms with Crippen LogP contribution >= 0.6 is 11.6 Å². The fourth-order valence-corrected chi connectivity index (χ4v) is 1.60. The monoisotopic (exact) mass is 299 g/mol. The van der Waals surface area contributed by atoms with E-state index in [1.807, 2.05) is 0 Å². The van der Waals surface area contributed by atoms with Gasteiger partial charge in [0.05, 0.1) is 5.69 Å². The van der Waals surface area contributed by atoms with E-state index in [9.17, 15) is 13.6 Å². The number of para-hydroxylation sites is 1. The van der Waals surface area contributed by atoms with Crippen LogP contribution in [0.15, 0.2) is 36.4 Å². The van der Waals surface area contributed by atoms with E-state index in [2.05, 4.69) is 5.32 Å². The maximum atomic E-state index is 13.3. The van der Waals surface area contributed by atoms with Gasteiger partial charge in [0.2, 0.25) is 0 Å². The molecule has 1 amide bonds. The van der Waals surface area contributed by atoms with Gasteiger partial charge in [-0.1, -0.05) is 29.8 Å². The number of benzene rings is 2. The Morgan fingerprint density at radius 1 is 1.25 bits per heavy atom. The normalized spacial score (nSPS) is 10.2. The summed E-state index contributed by atoms with van der Waals surface area (Å²) < 4.78 is 31.3. The summed E-state index contributed by atoms with van der Waals surface area (Å²) in [6, 6.07) is 8.77. The van der Waals surface area contributed by atoms with E-state index in [0.717, 1.165) is 0 Å². The number of aromatic hydroxyl groups is 1. The molecule has 104 valence electrons. The quantitative estimate of drug-likeness (QED) is 0.652. The zero-order valence-corrected chi connectivity index (χ0v) is 10.6. The number of hydrogen-bond donors (Lipinski definition) is 2. The number of phenolic OH excluding ortho intramolecular Hbond substituents is 1. The van der Waals surface area contributed by atoms with Gasteiger partial charge in [-0.25, -0.2) is 13.6 Å². The summed E-state index contributed by atoms with van der Waals surface area (Å²) in [5.41, 5.74) is -0.347. The average Bonchev–Trinajstić information content (AvgIpc) is 2.43. The summed E-state index contributed by atoms with van der Waals surface area (Å²) >= 11 is 5.55. The SMILES string of the molecule is O=C(Nc1cc(F)c(O)c(F)c1Cl)Oc1ccccc1. The lowest BCUT2D eigenvalue weighted by Crippen LogP contribution is -2.17. The van der Waals surface area contributed by atoms with Crippen molar-refractivity contribution in [1.82, 2.24) is 0 Å². The number of nitrogens with one attached hydrogen (secondary N) is 1. The van der Waals surface area contributed by atoms with Gasteiger partial charge >= 0.3 is 6.09 Å². The third-order valence-corrected chi connectivity index (χ3v) is 2.69. The van der Waals surface area contributed by atoms with E-state index >= 15 is 0 Å². The molecule has 4 nitrogen and oxygen atoms in total. The highest BCUT2D eigenvalue weighted by Crippen LogP contribution is 2.33. The topological polar surface area (TPSA) is 58.6 Å². The second-order valence-corrected chi connectivity index (χ2v) is 4.09. The van der Waals surface area contributed by atoms with Crippen LogP contribution in [0.4, 0.5) is 19.3 Å². The van der Waals surface area contributed by atoms with Crippen molar-refractivity contribution in [2.24, 2.45) is 0 Å². The Morgan fingerprint density at radius 2 is 1.90 bits per heavy atom. The van der Waals surface area contributed by atoms with Gasteiger partial charge in [-0.2, -0.15) is 0 Å². The number of amides is 1. The largest absolute Gasteiger partial charge is 0.503 e. The van der Waals surface area contributed by atoms with Crippen LogP contribution in [0.3, 0.4) is 0 Å². The predicted octanol–water partition coefficient (Wildman–Crippen LogP) is 3.93. The van der Waals surface area contributed by atoms with E-state index in [1.54, 1.807) is 18.2 Å². The summed E-state index contributed by atoms with van der Waals surface area (Å²) in [6.07, 6.45) is -0.970. The number of ether oxygens (including phenoxy) is 1. The van der Waals surface area contributed by atoms with E-state index in [1.165, 1.54) is 12.1 Å². The molecule has 2 aromatic carbocycles. The molecule has 0 aromatic heterocycles. The van der Waals surface area contributed by atoms with E-state index in [0.29, 0.717) is 6.07 Å². The molecule has 0 aliphatic rings. The first-order valence-corrected chi connectivity index (χ1v) is 5.77. The Balaban J connectivity index is 2.16. The van der Waals surface area contributed by atoms with Crippen molar-refractivity contribution in [2.75, 3.05) is 5.32 Å². The Bertz CT molecular complexity index is 650. The molecule has 0 saturated carbocycles. The van der Waals surface area contributed by atoms with Gasteiger partial charge in [0.15, 0.2) is 17.4 Å². The molecule has 0 bridgehead atoms. The van der Waals surface area contributed by atoms with Crippen LogP contribution in [-0.4, -0.2) is 11.2 Å². The van der Waals surface area contributed by atoms with E-state index in [4.69, 9.17) is 21.4 Å².